The summed E-state index contributed by atoms with van der Waals surface area (Å²) in [5.41, 5.74) is 2.20. The molecule has 0 aliphatic rings. The maximum Gasteiger partial charge on any atom is 0.433 e. The second-order valence-electron chi connectivity index (χ2n) is 6.37. The lowest BCUT2D eigenvalue weighted by Crippen LogP contribution is -2.17. The van der Waals surface area contributed by atoms with E-state index in [1.54, 1.807) is 31.4 Å². The molecule has 3 aromatic rings. The van der Waals surface area contributed by atoms with Crippen molar-refractivity contribution in [1.29, 1.82) is 0 Å². The van der Waals surface area contributed by atoms with Crippen LogP contribution in [0.5, 0.6) is 5.75 Å². The first-order valence-corrected chi connectivity index (χ1v) is 8.73. The molecule has 0 radical (unpaired) electrons. The van der Waals surface area contributed by atoms with E-state index in [0.29, 0.717) is 5.75 Å². The predicted molar refractivity (Wildman–Crippen MR) is 98.0 cm³/mol. The third kappa shape index (κ3) is 4.51. The molecule has 6 heteroatoms. The van der Waals surface area contributed by atoms with Gasteiger partial charge >= 0.3 is 6.18 Å². The fraction of sp³-hybridized carbons (Fsp3) is 0.286. The molecule has 142 valence electrons. The van der Waals surface area contributed by atoms with Gasteiger partial charge in [-0.15, -0.1) is 0 Å². The molecule has 0 amide bonds. The van der Waals surface area contributed by atoms with Crippen LogP contribution in [0.3, 0.4) is 0 Å². The summed E-state index contributed by atoms with van der Waals surface area (Å²) in [4.78, 5) is 0. The number of benzene rings is 2. The zero-order valence-corrected chi connectivity index (χ0v) is 15.3. The largest absolute Gasteiger partial charge is 0.497 e. The van der Waals surface area contributed by atoms with Crippen LogP contribution < -0.4 is 4.74 Å². The number of hydrogen-bond donors (Lipinski definition) is 0. The van der Waals surface area contributed by atoms with Crippen LogP contribution in [0.2, 0.25) is 0 Å². The average Bonchev–Trinajstić information content (AvgIpc) is 3.05. The number of ether oxygens (including phenoxy) is 1. The third-order valence-electron chi connectivity index (χ3n) is 4.50. The van der Waals surface area contributed by atoms with Gasteiger partial charge in [-0.25, -0.2) is 0 Å². The summed E-state index contributed by atoms with van der Waals surface area (Å²) in [6.07, 6.45) is -2.06. The Balaban J connectivity index is 1.88. The Morgan fingerprint density at radius 1 is 0.926 bits per heavy atom. The Morgan fingerprint density at radius 2 is 1.52 bits per heavy atom. The first kappa shape index (κ1) is 19.0. The van der Waals surface area contributed by atoms with Crippen molar-refractivity contribution in [3.63, 3.8) is 0 Å². The summed E-state index contributed by atoms with van der Waals surface area (Å²) < 4.78 is 47.2. The van der Waals surface area contributed by atoms with Crippen molar-refractivity contribution in [2.75, 3.05) is 7.11 Å². The van der Waals surface area contributed by atoms with Crippen LogP contribution in [0.4, 0.5) is 13.2 Å². The molecular weight excluding hydrogens is 353 g/mol. The van der Waals surface area contributed by atoms with E-state index in [2.05, 4.69) is 5.10 Å². The number of rotatable bonds is 6. The molecule has 1 heterocycles. The summed E-state index contributed by atoms with van der Waals surface area (Å²) in [5, 5.41) is 4.02. The maximum absolute atomic E-state index is 13.7. The zero-order valence-electron chi connectivity index (χ0n) is 15.3. The minimum atomic E-state index is -4.47. The number of hydrogen-bond acceptors (Lipinski definition) is 2. The molecule has 1 aromatic heterocycles. The second-order valence-corrected chi connectivity index (χ2v) is 6.37. The number of halogens is 3. The van der Waals surface area contributed by atoms with Crippen LogP contribution in [0.15, 0.2) is 54.7 Å². The highest BCUT2D eigenvalue weighted by molar-refractivity contribution is 5.32. The van der Waals surface area contributed by atoms with E-state index in [1.165, 1.54) is 6.20 Å². The number of aryl methyl sites for hydroxylation is 1. The van der Waals surface area contributed by atoms with Crippen molar-refractivity contribution in [3.8, 4) is 5.75 Å². The van der Waals surface area contributed by atoms with Gasteiger partial charge in [0.2, 0.25) is 0 Å². The molecule has 0 saturated carbocycles. The second kappa shape index (κ2) is 7.86. The van der Waals surface area contributed by atoms with Gasteiger partial charge in [-0.1, -0.05) is 43.3 Å². The Hall–Kier alpha value is -2.76. The monoisotopic (exact) mass is 374 g/mol. The Kier molecular flexibility index (Phi) is 5.54. The van der Waals surface area contributed by atoms with Gasteiger partial charge in [0, 0.05) is 12.0 Å². The minimum absolute atomic E-state index is 0.0492. The molecule has 0 fully saturated rings. The van der Waals surface area contributed by atoms with Crippen LogP contribution in [0.1, 0.15) is 34.9 Å². The highest BCUT2D eigenvalue weighted by atomic mass is 19.4. The molecule has 0 bridgehead atoms. The van der Waals surface area contributed by atoms with Crippen molar-refractivity contribution in [2.24, 2.45) is 0 Å². The molecule has 0 spiro atoms. The van der Waals surface area contributed by atoms with Crippen molar-refractivity contribution in [1.82, 2.24) is 9.78 Å². The van der Waals surface area contributed by atoms with E-state index in [1.807, 2.05) is 31.2 Å². The van der Waals surface area contributed by atoms with Gasteiger partial charge in [0.05, 0.1) is 19.9 Å². The lowest BCUT2D eigenvalue weighted by atomic mass is 10.0. The molecule has 0 aliphatic carbocycles. The van der Waals surface area contributed by atoms with Gasteiger partial charge in [-0.05, 0) is 35.2 Å². The first-order chi connectivity index (χ1) is 12.9. The summed E-state index contributed by atoms with van der Waals surface area (Å²) in [6.45, 7) is 2.09. The Labute approximate surface area is 156 Å². The lowest BCUT2D eigenvalue weighted by Gasteiger charge is -2.13. The summed E-state index contributed by atoms with van der Waals surface area (Å²) >= 11 is 0. The normalized spacial score (nSPS) is 11.6. The number of alkyl halides is 3. The first-order valence-electron chi connectivity index (χ1n) is 8.73. The van der Waals surface area contributed by atoms with Crippen molar-refractivity contribution in [2.45, 2.75) is 32.5 Å². The van der Waals surface area contributed by atoms with E-state index in [0.717, 1.165) is 27.8 Å². The van der Waals surface area contributed by atoms with E-state index in [9.17, 15) is 13.2 Å². The van der Waals surface area contributed by atoms with Crippen molar-refractivity contribution in [3.05, 3.63) is 82.7 Å². The highest BCUT2D eigenvalue weighted by Gasteiger charge is 2.38. The van der Waals surface area contributed by atoms with Crippen LogP contribution in [-0.2, 0) is 25.6 Å². The standard InChI is InChI=1S/C21H21F3N2O/c1-3-15-4-6-16(7-5-15)12-18-13-25-26(20(18)21(22,23)24)14-17-8-10-19(27-2)11-9-17/h4-11,13H,3,12,14H2,1-2H3. The van der Waals surface area contributed by atoms with Gasteiger partial charge in [0.1, 0.15) is 11.4 Å². The lowest BCUT2D eigenvalue weighted by molar-refractivity contribution is -0.144. The fourth-order valence-corrected chi connectivity index (χ4v) is 3.02. The van der Waals surface area contributed by atoms with Crippen LogP contribution in [0.25, 0.3) is 0 Å². The molecule has 2 aromatic carbocycles. The van der Waals surface area contributed by atoms with Gasteiger partial charge in [0.25, 0.3) is 0 Å². The maximum atomic E-state index is 13.7. The fourth-order valence-electron chi connectivity index (χ4n) is 3.02. The molecule has 0 unspecified atom stereocenters. The summed E-state index contributed by atoms with van der Waals surface area (Å²) in [5.74, 6) is 0.659. The molecule has 0 saturated heterocycles. The molecule has 3 rings (SSSR count). The molecular formula is C21H21F3N2O. The van der Waals surface area contributed by atoms with Crippen LogP contribution in [-0.4, -0.2) is 16.9 Å². The SMILES string of the molecule is CCc1ccc(Cc2cnn(Cc3ccc(OC)cc3)c2C(F)(F)F)cc1. The summed E-state index contributed by atoms with van der Waals surface area (Å²) in [6, 6.07) is 14.6. The van der Waals surface area contributed by atoms with E-state index in [4.69, 9.17) is 4.74 Å². The predicted octanol–water partition coefficient (Wildman–Crippen LogP) is 5.11. The van der Waals surface area contributed by atoms with Gasteiger partial charge in [0.15, 0.2) is 0 Å². The Bertz CT molecular complexity index is 814. The van der Waals surface area contributed by atoms with Crippen LogP contribution in [0, 0.1) is 0 Å². The van der Waals surface area contributed by atoms with Gasteiger partial charge in [-0.2, -0.15) is 18.3 Å². The molecule has 27 heavy (non-hydrogen) atoms. The van der Waals surface area contributed by atoms with Gasteiger partial charge in [-0.3, -0.25) is 4.68 Å². The topological polar surface area (TPSA) is 27.1 Å². The average molecular weight is 374 g/mol. The Morgan fingerprint density at radius 3 is 2.07 bits per heavy atom. The third-order valence-corrected chi connectivity index (χ3v) is 4.50. The zero-order chi connectivity index (χ0) is 19.4. The van der Waals surface area contributed by atoms with E-state index >= 15 is 0 Å². The number of nitrogens with zero attached hydrogens (tertiary/aromatic N) is 2. The minimum Gasteiger partial charge on any atom is -0.497 e. The van der Waals surface area contributed by atoms with Gasteiger partial charge < -0.3 is 4.74 Å². The molecule has 0 aliphatic heterocycles. The number of aromatic nitrogens is 2. The van der Waals surface area contributed by atoms with E-state index in [-0.39, 0.29) is 18.5 Å². The number of methoxy groups -OCH3 is 1. The van der Waals surface area contributed by atoms with Crippen LogP contribution >= 0.6 is 0 Å². The van der Waals surface area contributed by atoms with E-state index < -0.39 is 11.9 Å². The highest BCUT2D eigenvalue weighted by Crippen LogP contribution is 2.33. The summed E-state index contributed by atoms with van der Waals surface area (Å²) in [7, 11) is 1.55. The molecule has 3 nitrogen and oxygen atoms in total. The molecule has 0 atom stereocenters. The van der Waals surface area contributed by atoms with Crippen molar-refractivity contribution >= 4 is 0 Å². The smallest absolute Gasteiger partial charge is 0.433 e. The quantitative estimate of drug-likeness (QED) is 0.599. The molecule has 0 N–H and O–H groups in total. The van der Waals surface area contributed by atoms with Crippen molar-refractivity contribution < 1.29 is 17.9 Å².